The minimum atomic E-state index is -1.13. The predicted octanol–water partition coefficient (Wildman–Crippen LogP) is 5.45. The van der Waals surface area contributed by atoms with Crippen molar-refractivity contribution in [3.63, 3.8) is 0 Å². The van der Waals surface area contributed by atoms with Gasteiger partial charge in [-0.2, -0.15) is 0 Å². The first-order chi connectivity index (χ1) is 19.1. The van der Waals surface area contributed by atoms with Gasteiger partial charge in [-0.05, 0) is 78.1 Å². The molecule has 0 heterocycles. The Morgan fingerprint density at radius 3 is 2.37 bits per heavy atom. The van der Waals surface area contributed by atoms with Crippen molar-refractivity contribution in [2.45, 2.75) is 99.2 Å². The van der Waals surface area contributed by atoms with Crippen LogP contribution in [0, 0.1) is 57.2 Å². The first-order valence-electron chi connectivity index (χ1n) is 15.4. The summed E-state index contributed by atoms with van der Waals surface area (Å²) in [6, 6.07) is 0. The normalized spacial score (nSPS) is 44.2. The summed E-state index contributed by atoms with van der Waals surface area (Å²) in [4.78, 5) is 62.5. The summed E-state index contributed by atoms with van der Waals surface area (Å²) in [5.74, 6) is -1.75. The summed E-state index contributed by atoms with van der Waals surface area (Å²) in [6.07, 6.45) is 8.89. The van der Waals surface area contributed by atoms with Crippen LogP contribution in [0.25, 0.3) is 0 Å². The van der Waals surface area contributed by atoms with Crippen molar-refractivity contribution in [3.8, 4) is 0 Å². The Balaban J connectivity index is 1.55. The molecule has 0 aromatic carbocycles. The molecule has 4 saturated carbocycles. The Morgan fingerprint density at radius 2 is 1.76 bits per heavy atom. The molecule has 5 aliphatic rings. The average Bonchev–Trinajstić information content (AvgIpc) is 3.52. The smallest absolute Gasteiger partial charge is 0.303 e. The van der Waals surface area contributed by atoms with Gasteiger partial charge in [0, 0.05) is 43.1 Å². The summed E-state index contributed by atoms with van der Waals surface area (Å²) in [7, 11) is 0. The summed E-state index contributed by atoms with van der Waals surface area (Å²) in [5, 5.41) is 0. The quantitative estimate of drug-likeness (QED) is 0.219. The topological polar surface area (TPSA) is 104 Å². The lowest BCUT2D eigenvalue weighted by atomic mass is 9.43. The van der Waals surface area contributed by atoms with Crippen LogP contribution in [0.4, 0.5) is 0 Å². The van der Waals surface area contributed by atoms with E-state index >= 15 is 0 Å². The number of aldehydes is 1. The van der Waals surface area contributed by atoms with Gasteiger partial charge in [-0.3, -0.25) is 19.2 Å². The van der Waals surface area contributed by atoms with Crippen molar-refractivity contribution < 1.29 is 33.4 Å². The molecule has 0 aliphatic heterocycles. The lowest BCUT2D eigenvalue weighted by Gasteiger charge is -2.61. The number of Topliss-reactive ketones (excluding diaryl/α,β-unsaturated/α-hetero) is 1. The molecule has 0 bridgehead atoms. The molecule has 41 heavy (non-hydrogen) atoms. The number of ether oxygens (including phenoxy) is 2. The molecular formula is C34H46O7. The molecule has 0 N–H and O–H groups in total. The molecule has 224 valence electrons. The van der Waals surface area contributed by atoms with E-state index in [1.807, 2.05) is 13.0 Å². The van der Waals surface area contributed by atoms with E-state index in [1.165, 1.54) is 13.8 Å². The second-order valence-corrected chi connectivity index (χ2v) is 14.6. The zero-order valence-corrected chi connectivity index (χ0v) is 25.7. The van der Waals surface area contributed by atoms with Crippen LogP contribution in [-0.4, -0.2) is 42.0 Å². The highest BCUT2D eigenvalue weighted by molar-refractivity contribution is 6.02. The number of carbonyl (C=O) groups excluding carboxylic acids is 5. The molecule has 5 rings (SSSR count). The maximum Gasteiger partial charge on any atom is 0.303 e. The largest absolute Gasteiger partial charge is 0.462 e. The maximum atomic E-state index is 13.7. The number of hydrogen-bond acceptors (Lipinski definition) is 7. The van der Waals surface area contributed by atoms with Gasteiger partial charge in [0.1, 0.15) is 12.4 Å². The molecule has 0 aromatic rings. The lowest BCUT2D eigenvalue weighted by Crippen LogP contribution is -2.56. The van der Waals surface area contributed by atoms with E-state index in [0.717, 1.165) is 32.1 Å². The van der Waals surface area contributed by atoms with Gasteiger partial charge in [0.2, 0.25) is 0 Å². The van der Waals surface area contributed by atoms with E-state index in [-0.39, 0.29) is 50.8 Å². The number of esters is 2. The monoisotopic (exact) mass is 566 g/mol. The average molecular weight is 567 g/mol. The highest BCUT2D eigenvalue weighted by Crippen LogP contribution is 2.87. The van der Waals surface area contributed by atoms with Crippen LogP contribution >= 0.6 is 0 Å². The van der Waals surface area contributed by atoms with Gasteiger partial charge in [-0.15, -0.1) is 0 Å². The van der Waals surface area contributed by atoms with Crippen LogP contribution in [-0.2, 0) is 33.4 Å². The van der Waals surface area contributed by atoms with E-state index in [2.05, 4.69) is 33.4 Å². The summed E-state index contributed by atoms with van der Waals surface area (Å²) in [6.45, 7) is 16.8. The van der Waals surface area contributed by atoms with Gasteiger partial charge in [0.15, 0.2) is 17.7 Å². The highest BCUT2D eigenvalue weighted by Gasteiger charge is 2.81. The van der Waals surface area contributed by atoms with E-state index in [9.17, 15) is 24.0 Å². The minimum absolute atomic E-state index is 0.0453. The molecule has 4 fully saturated rings. The van der Waals surface area contributed by atoms with Gasteiger partial charge < -0.3 is 14.3 Å². The number of ketones is 2. The van der Waals surface area contributed by atoms with Gasteiger partial charge in [0.25, 0.3) is 0 Å². The van der Waals surface area contributed by atoms with Crippen molar-refractivity contribution in [1.82, 2.24) is 0 Å². The zero-order chi connectivity index (χ0) is 30.3. The van der Waals surface area contributed by atoms with Crippen molar-refractivity contribution in [3.05, 3.63) is 24.3 Å². The standard InChI is InChI=1S/C34H46O7/c1-18(16-35)19(2)29(39)30(41-23(6)37)21(4)28-26(40-22(5)36)15-32(8)27-10-9-24-20(3)25(38)11-12-33(24)17-34(27,33)14-13-31(28,32)7/h11-12,16,18,20-21,24,26-28,30H,2,9-10,13-15,17H2,1,3-8H3/t18?,20-,21?,24-,26-,27-,28-,30+,31+,32-,33?,34?/m0/s1. The van der Waals surface area contributed by atoms with E-state index in [4.69, 9.17) is 9.47 Å². The van der Waals surface area contributed by atoms with E-state index < -0.39 is 35.8 Å². The van der Waals surface area contributed by atoms with Crippen molar-refractivity contribution in [1.29, 1.82) is 0 Å². The third-order valence-corrected chi connectivity index (χ3v) is 13.0. The molecule has 2 spiro atoms. The van der Waals surface area contributed by atoms with Gasteiger partial charge in [-0.25, -0.2) is 0 Å². The van der Waals surface area contributed by atoms with Crippen molar-refractivity contribution >= 4 is 29.8 Å². The maximum absolute atomic E-state index is 13.7. The fourth-order valence-electron chi connectivity index (χ4n) is 10.9. The third-order valence-electron chi connectivity index (χ3n) is 13.0. The summed E-state index contributed by atoms with van der Waals surface area (Å²) < 4.78 is 11.8. The lowest BCUT2D eigenvalue weighted by molar-refractivity contribution is -0.166. The number of fused-ring (bicyclic) bond motifs is 2. The Kier molecular flexibility index (Phi) is 7.10. The van der Waals surface area contributed by atoms with Gasteiger partial charge in [-0.1, -0.05) is 47.3 Å². The van der Waals surface area contributed by atoms with Crippen molar-refractivity contribution in [2.75, 3.05) is 0 Å². The Morgan fingerprint density at radius 1 is 1.07 bits per heavy atom. The molecule has 0 amide bonds. The van der Waals surface area contributed by atoms with Crippen LogP contribution in [0.1, 0.15) is 87.0 Å². The predicted molar refractivity (Wildman–Crippen MR) is 152 cm³/mol. The Hall–Kier alpha value is -2.57. The molecule has 7 nitrogen and oxygen atoms in total. The number of hydrogen-bond donors (Lipinski definition) is 0. The number of rotatable bonds is 8. The third kappa shape index (κ3) is 4.00. The highest BCUT2D eigenvalue weighted by atomic mass is 16.6. The second-order valence-electron chi connectivity index (χ2n) is 14.6. The molecular weight excluding hydrogens is 520 g/mol. The van der Waals surface area contributed by atoms with Crippen LogP contribution in [0.15, 0.2) is 24.3 Å². The molecule has 7 heteroatoms. The number of allylic oxidation sites excluding steroid dienone is 2. The number of carbonyl (C=O) groups is 5. The summed E-state index contributed by atoms with van der Waals surface area (Å²) >= 11 is 0. The van der Waals surface area contributed by atoms with Gasteiger partial charge >= 0.3 is 11.9 Å². The van der Waals surface area contributed by atoms with Crippen molar-refractivity contribution in [2.24, 2.45) is 57.2 Å². The fraction of sp³-hybridized carbons (Fsp3) is 0.735. The SMILES string of the molecule is C=C(C(=O)[C@H](OC(C)=O)C(C)[C@H]1[C@@H](OC(C)=O)C[C@@]2(C)[C@@H]3CC[C@H]4[C@H](C)C(=O)C=CC45CC35CC[C@]12C)C(C)C=O. The van der Waals surface area contributed by atoms with Crippen LogP contribution in [0.2, 0.25) is 0 Å². The molecule has 4 unspecified atom stereocenters. The van der Waals surface area contributed by atoms with Crippen LogP contribution < -0.4 is 0 Å². The second kappa shape index (κ2) is 9.74. The molecule has 0 aromatic heterocycles. The van der Waals surface area contributed by atoms with Gasteiger partial charge in [0.05, 0.1) is 0 Å². The first-order valence-corrected chi connectivity index (χ1v) is 15.4. The minimum Gasteiger partial charge on any atom is -0.462 e. The zero-order valence-electron chi connectivity index (χ0n) is 25.7. The molecule has 12 atom stereocenters. The van der Waals surface area contributed by atoms with E-state index in [1.54, 1.807) is 6.92 Å². The Bertz CT molecular complexity index is 1230. The summed E-state index contributed by atoms with van der Waals surface area (Å²) in [5.41, 5.74) is -0.175. The molecule has 0 radical (unpaired) electrons. The molecule has 5 aliphatic carbocycles. The fourth-order valence-corrected chi connectivity index (χ4v) is 10.9. The van der Waals surface area contributed by atoms with Crippen LogP contribution in [0.3, 0.4) is 0 Å². The first kappa shape index (κ1) is 29.9. The molecule has 0 saturated heterocycles. The Labute approximate surface area is 243 Å². The van der Waals surface area contributed by atoms with E-state index in [0.29, 0.717) is 24.5 Å². The van der Waals surface area contributed by atoms with Crippen LogP contribution in [0.5, 0.6) is 0 Å².